The monoisotopic (exact) mass is 440 g/mol. The topological polar surface area (TPSA) is 76.1 Å². The maximum Gasteiger partial charge on any atom is 0.248 e. The largest absolute Gasteiger partial charge is 0.497 e. The predicted octanol–water partition coefficient (Wildman–Crippen LogP) is 2.99. The van der Waals surface area contributed by atoms with Crippen molar-refractivity contribution in [2.75, 3.05) is 41.0 Å². The molecule has 0 aliphatic heterocycles. The van der Waals surface area contributed by atoms with Crippen molar-refractivity contribution in [3.8, 4) is 5.75 Å². The molecule has 1 amide bonds. The Hall–Kier alpha value is -1.64. The molecule has 0 N–H and O–H groups in total. The minimum absolute atomic E-state index is 0.0251. The van der Waals surface area contributed by atoms with Gasteiger partial charge in [-0.2, -0.15) is 4.31 Å². The molecule has 1 aromatic rings. The van der Waals surface area contributed by atoms with E-state index >= 15 is 0 Å². The van der Waals surface area contributed by atoms with E-state index in [4.69, 9.17) is 9.47 Å². The van der Waals surface area contributed by atoms with Crippen LogP contribution in [0.1, 0.15) is 50.2 Å². The highest BCUT2D eigenvalue weighted by Gasteiger charge is 2.26. The van der Waals surface area contributed by atoms with E-state index < -0.39 is 10.0 Å². The van der Waals surface area contributed by atoms with Gasteiger partial charge in [-0.15, -0.1) is 0 Å². The summed E-state index contributed by atoms with van der Waals surface area (Å²) in [6.07, 6.45) is 6.24. The number of nitrogens with zero attached hydrogens (tertiary/aromatic N) is 2. The first-order valence-corrected chi connectivity index (χ1v) is 12.1. The number of amides is 1. The summed E-state index contributed by atoms with van der Waals surface area (Å²) >= 11 is 0. The number of rotatable bonds is 10. The summed E-state index contributed by atoms with van der Waals surface area (Å²) in [4.78, 5) is 14.5. The molecule has 1 aromatic carbocycles. The van der Waals surface area contributed by atoms with Gasteiger partial charge in [0, 0.05) is 26.7 Å². The quantitative estimate of drug-likeness (QED) is 0.523. The van der Waals surface area contributed by atoms with E-state index in [1.807, 2.05) is 14.0 Å². The van der Waals surface area contributed by atoms with Crippen LogP contribution >= 0.6 is 0 Å². The van der Waals surface area contributed by atoms with Gasteiger partial charge in [0.1, 0.15) is 12.4 Å². The summed E-state index contributed by atoms with van der Waals surface area (Å²) in [6.45, 7) is 4.01. The summed E-state index contributed by atoms with van der Waals surface area (Å²) in [5.74, 6) is 0.599. The molecule has 2 rings (SSSR count). The number of likely N-dealkylation sites (N-methyl/N-ethyl adjacent to an activating group) is 2. The van der Waals surface area contributed by atoms with Gasteiger partial charge in [-0.3, -0.25) is 4.79 Å². The minimum atomic E-state index is -3.67. The van der Waals surface area contributed by atoms with Gasteiger partial charge in [0.05, 0.1) is 18.6 Å². The van der Waals surface area contributed by atoms with Crippen molar-refractivity contribution in [2.45, 2.75) is 63.3 Å². The van der Waals surface area contributed by atoms with Crippen molar-refractivity contribution in [1.82, 2.24) is 9.21 Å². The van der Waals surface area contributed by atoms with Crippen molar-refractivity contribution in [1.29, 1.82) is 0 Å². The number of aryl methyl sites for hydroxylation is 2. The number of carbonyl (C=O) groups excluding carboxylic acids is 1. The lowest BCUT2D eigenvalue weighted by molar-refractivity contribution is -0.137. The van der Waals surface area contributed by atoms with Crippen LogP contribution in [0.5, 0.6) is 5.75 Å². The van der Waals surface area contributed by atoms with Crippen LogP contribution in [0.15, 0.2) is 17.0 Å². The van der Waals surface area contributed by atoms with Crippen LogP contribution in [0.4, 0.5) is 0 Å². The zero-order chi connectivity index (χ0) is 22.3. The Bertz CT molecular complexity index is 819. The lowest BCUT2D eigenvalue weighted by Crippen LogP contribution is -2.40. The first kappa shape index (κ1) is 24.6. The Morgan fingerprint density at radius 3 is 2.43 bits per heavy atom. The van der Waals surface area contributed by atoms with Crippen LogP contribution in [0, 0.1) is 6.92 Å². The Morgan fingerprint density at radius 1 is 1.17 bits per heavy atom. The Balaban J connectivity index is 1.92. The Labute approximate surface area is 181 Å². The summed E-state index contributed by atoms with van der Waals surface area (Å²) in [5, 5.41) is 0. The molecule has 0 saturated heterocycles. The van der Waals surface area contributed by atoms with E-state index in [9.17, 15) is 13.2 Å². The van der Waals surface area contributed by atoms with Crippen LogP contribution in [0.2, 0.25) is 0 Å². The molecule has 0 aromatic heterocycles. The van der Waals surface area contributed by atoms with E-state index in [1.54, 1.807) is 31.1 Å². The third kappa shape index (κ3) is 5.95. The van der Waals surface area contributed by atoms with Crippen LogP contribution in [-0.2, 0) is 26.0 Å². The second-order valence-electron chi connectivity index (χ2n) is 7.96. The fourth-order valence-electron chi connectivity index (χ4n) is 3.96. The van der Waals surface area contributed by atoms with Crippen LogP contribution in [0.3, 0.4) is 0 Å². The van der Waals surface area contributed by atoms with E-state index in [1.165, 1.54) is 17.8 Å². The van der Waals surface area contributed by atoms with Gasteiger partial charge >= 0.3 is 0 Å². The second kappa shape index (κ2) is 11.1. The zero-order valence-corrected chi connectivity index (χ0v) is 19.8. The molecule has 0 heterocycles. The lowest BCUT2D eigenvalue weighted by Gasteiger charge is -2.31. The van der Waals surface area contributed by atoms with Gasteiger partial charge in [0.15, 0.2) is 0 Å². The lowest BCUT2D eigenvalue weighted by atomic mass is 9.94. The molecule has 1 fully saturated rings. The molecule has 8 heteroatoms. The third-order valence-corrected chi connectivity index (χ3v) is 8.01. The Morgan fingerprint density at radius 2 is 1.83 bits per heavy atom. The minimum Gasteiger partial charge on any atom is -0.497 e. The maximum atomic E-state index is 13.1. The smallest absolute Gasteiger partial charge is 0.248 e. The van der Waals surface area contributed by atoms with Crippen molar-refractivity contribution >= 4 is 15.9 Å². The molecule has 0 bridgehead atoms. The fraction of sp³-hybridized carbons (Fsp3) is 0.682. The van der Waals surface area contributed by atoms with Crippen molar-refractivity contribution in [3.63, 3.8) is 0 Å². The van der Waals surface area contributed by atoms with Crippen molar-refractivity contribution in [2.24, 2.45) is 0 Å². The number of hydrogen-bond donors (Lipinski definition) is 0. The summed E-state index contributed by atoms with van der Waals surface area (Å²) in [7, 11) is 1.27. The molecule has 7 nitrogen and oxygen atoms in total. The first-order chi connectivity index (χ1) is 14.2. The highest BCUT2D eigenvalue weighted by molar-refractivity contribution is 7.89. The normalized spacial score (nSPS) is 15.4. The molecule has 170 valence electrons. The van der Waals surface area contributed by atoms with Crippen LogP contribution < -0.4 is 4.74 Å². The second-order valence-corrected chi connectivity index (χ2v) is 9.94. The number of carbonyl (C=O) groups is 1. The van der Waals surface area contributed by atoms with E-state index in [2.05, 4.69) is 0 Å². The average Bonchev–Trinajstić information content (AvgIpc) is 2.75. The predicted molar refractivity (Wildman–Crippen MR) is 117 cm³/mol. The fourth-order valence-corrected chi connectivity index (χ4v) is 5.59. The molecule has 0 atom stereocenters. The molecule has 0 radical (unpaired) electrons. The highest BCUT2D eigenvalue weighted by atomic mass is 32.2. The third-order valence-electron chi connectivity index (χ3n) is 5.90. The molecule has 0 unspecified atom stereocenters. The molecule has 1 aliphatic rings. The van der Waals surface area contributed by atoms with E-state index in [0.717, 1.165) is 31.2 Å². The van der Waals surface area contributed by atoms with Gasteiger partial charge in [-0.25, -0.2) is 8.42 Å². The molecule has 30 heavy (non-hydrogen) atoms. The first-order valence-electron chi connectivity index (χ1n) is 10.7. The number of hydrogen-bond acceptors (Lipinski definition) is 5. The van der Waals surface area contributed by atoms with Crippen LogP contribution in [0.25, 0.3) is 0 Å². The molecular formula is C22H36N2O5S. The number of methoxy groups -OCH3 is 1. The Kier molecular flexibility index (Phi) is 9.12. The molecule has 1 aliphatic carbocycles. The van der Waals surface area contributed by atoms with E-state index in [-0.39, 0.29) is 25.7 Å². The van der Waals surface area contributed by atoms with E-state index in [0.29, 0.717) is 28.7 Å². The SMILES string of the molecule is CCc1cc(OC)cc(C)c1S(=O)(=O)N(C)CCOCC(=O)N(C)C1CCCCC1. The van der Waals surface area contributed by atoms with Gasteiger partial charge in [0.2, 0.25) is 15.9 Å². The van der Waals surface area contributed by atoms with Crippen molar-refractivity contribution < 1.29 is 22.7 Å². The molecule has 0 spiro atoms. The average molecular weight is 441 g/mol. The zero-order valence-electron chi connectivity index (χ0n) is 18.9. The van der Waals surface area contributed by atoms with Gasteiger partial charge in [-0.1, -0.05) is 26.2 Å². The van der Waals surface area contributed by atoms with Gasteiger partial charge in [0.25, 0.3) is 0 Å². The number of ether oxygens (including phenoxy) is 2. The number of benzene rings is 1. The van der Waals surface area contributed by atoms with Gasteiger partial charge < -0.3 is 14.4 Å². The van der Waals surface area contributed by atoms with Crippen molar-refractivity contribution in [3.05, 3.63) is 23.3 Å². The highest BCUT2D eigenvalue weighted by Crippen LogP contribution is 2.28. The maximum absolute atomic E-state index is 13.1. The standard InChI is InChI=1S/C22H36N2O5S/c1-6-18-15-20(28-5)14-17(2)22(18)30(26,27)23(3)12-13-29-16-21(25)24(4)19-10-8-7-9-11-19/h14-15,19H,6-13,16H2,1-5H3. The van der Waals surface area contributed by atoms with Gasteiger partial charge in [-0.05, 0) is 49.4 Å². The summed E-state index contributed by atoms with van der Waals surface area (Å²) < 4.78 is 38.3. The molecule has 1 saturated carbocycles. The van der Waals surface area contributed by atoms with Crippen LogP contribution in [-0.4, -0.2) is 70.5 Å². The summed E-state index contributed by atoms with van der Waals surface area (Å²) in [5.41, 5.74) is 1.38. The number of sulfonamides is 1. The molecular weight excluding hydrogens is 404 g/mol. The summed E-state index contributed by atoms with van der Waals surface area (Å²) in [6, 6.07) is 3.79.